The zero-order chi connectivity index (χ0) is 27.1. The van der Waals surface area contributed by atoms with E-state index in [0.29, 0.717) is 6.61 Å². The lowest BCUT2D eigenvalue weighted by Crippen LogP contribution is -2.25. The minimum absolute atomic E-state index is 0.0555. The molecule has 6 aromatic heterocycles. The molecule has 200 valence electrons. The minimum Gasteiger partial charge on any atom is -0.491 e. The summed E-state index contributed by atoms with van der Waals surface area (Å²) in [5.74, 6) is 0.795. The fourth-order valence-electron chi connectivity index (χ4n) is 5.25. The van der Waals surface area contributed by atoms with Crippen molar-refractivity contribution in [1.29, 1.82) is 0 Å². The standard InChI is InChI=1S/C30H27N7O2S/c1-18(38)27-4-5-28(40-27)30-21-14-25(34-23(21)6-7-32-30)29-22-13-24(33-17-26(22)35-36-29)19-12-20(16-31-15-19)39-11-10-37-8-2-3-9-37/h4-7,12-17,34H,2-3,8-11H2,1H3,(H,35,36). The Balaban J connectivity index is 1.20. The molecule has 6 aromatic rings. The second-order valence-corrected chi connectivity index (χ2v) is 11.1. The van der Waals surface area contributed by atoms with E-state index in [-0.39, 0.29) is 5.78 Å². The SMILES string of the molecule is CC(=O)c1ccc(-c2nccc3[nH]c(-c4n[nH]c5cnc(-c6cncc(OCCN7CCCC7)c6)cc45)cc23)s1. The summed E-state index contributed by atoms with van der Waals surface area (Å²) in [6.45, 7) is 5.46. The van der Waals surface area contributed by atoms with Crippen LogP contribution >= 0.6 is 11.3 Å². The van der Waals surface area contributed by atoms with Gasteiger partial charge in [-0.05, 0) is 69.3 Å². The molecular formula is C30H27N7O2S. The molecule has 0 aliphatic carbocycles. The number of ether oxygens (including phenoxy) is 1. The first-order valence-corrected chi connectivity index (χ1v) is 14.2. The molecule has 0 unspecified atom stereocenters. The highest BCUT2D eigenvalue weighted by atomic mass is 32.1. The summed E-state index contributed by atoms with van der Waals surface area (Å²) in [5.41, 5.74) is 5.97. The Labute approximate surface area is 234 Å². The van der Waals surface area contributed by atoms with E-state index in [1.165, 1.54) is 24.2 Å². The van der Waals surface area contributed by atoms with E-state index >= 15 is 0 Å². The third-order valence-corrected chi connectivity index (χ3v) is 8.51. The highest BCUT2D eigenvalue weighted by molar-refractivity contribution is 7.17. The molecule has 9 nitrogen and oxygen atoms in total. The molecule has 1 saturated heterocycles. The van der Waals surface area contributed by atoms with Crippen LogP contribution in [-0.4, -0.2) is 67.1 Å². The number of hydrogen-bond donors (Lipinski definition) is 2. The summed E-state index contributed by atoms with van der Waals surface area (Å²) >= 11 is 1.46. The van der Waals surface area contributed by atoms with E-state index in [4.69, 9.17) is 4.74 Å². The number of carbonyl (C=O) groups excluding carboxylic acids is 1. The van der Waals surface area contributed by atoms with Gasteiger partial charge in [0, 0.05) is 40.8 Å². The molecule has 0 amide bonds. The van der Waals surface area contributed by atoms with Gasteiger partial charge in [-0.25, -0.2) is 0 Å². The van der Waals surface area contributed by atoms with Crippen molar-refractivity contribution in [2.24, 2.45) is 0 Å². The van der Waals surface area contributed by atoms with Gasteiger partial charge in [-0.1, -0.05) is 0 Å². The number of rotatable bonds is 8. The number of aromatic nitrogens is 6. The van der Waals surface area contributed by atoms with Crippen LogP contribution in [0.25, 0.3) is 55.0 Å². The van der Waals surface area contributed by atoms with Gasteiger partial charge in [0.15, 0.2) is 5.78 Å². The van der Waals surface area contributed by atoms with Gasteiger partial charge in [0.05, 0.1) is 44.7 Å². The molecule has 0 atom stereocenters. The quantitative estimate of drug-likeness (QED) is 0.225. The number of hydrogen-bond acceptors (Lipinski definition) is 8. The number of H-pyrrole nitrogens is 2. The highest BCUT2D eigenvalue weighted by Gasteiger charge is 2.17. The summed E-state index contributed by atoms with van der Waals surface area (Å²) in [5, 5.41) is 9.65. The number of pyridine rings is 3. The maximum Gasteiger partial charge on any atom is 0.169 e. The Morgan fingerprint density at radius 2 is 1.88 bits per heavy atom. The third-order valence-electron chi connectivity index (χ3n) is 7.32. The fraction of sp³-hybridized carbons (Fsp3) is 0.233. The molecule has 1 aliphatic heterocycles. The predicted molar refractivity (Wildman–Crippen MR) is 157 cm³/mol. The number of nitrogens with zero attached hydrogens (tertiary/aromatic N) is 5. The number of likely N-dealkylation sites (tertiary alicyclic amines) is 1. The van der Waals surface area contributed by atoms with Gasteiger partial charge >= 0.3 is 0 Å². The van der Waals surface area contributed by atoms with Gasteiger partial charge in [-0.15, -0.1) is 11.3 Å². The molecule has 7 heterocycles. The van der Waals surface area contributed by atoms with Gasteiger partial charge in [0.25, 0.3) is 0 Å². The third kappa shape index (κ3) is 4.65. The number of thiophene rings is 1. The van der Waals surface area contributed by atoms with Crippen LogP contribution in [-0.2, 0) is 0 Å². The molecule has 40 heavy (non-hydrogen) atoms. The van der Waals surface area contributed by atoms with Crippen LogP contribution in [0.4, 0.5) is 0 Å². The lowest BCUT2D eigenvalue weighted by Gasteiger charge is -2.15. The molecule has 0 saturated carbocycles. The van der Waals surface area contributed by atoms with Crippen LogP contribution in [0.3, 0.4) is 0 Å². The Morgan fingerprint density at radius 1 is 1.00 bits per heavy atom. The first-order valence-electron chi connectivity index (χ1n) is 13.4. The maximum atomic E-state index is 11.8. The van der Waals surface area contributed by atoms with E-state index in [1.807, 2.05) is 30.3 Å². The summed E-state index contributed by atoms with van der Waals surface area (Å²) in [6, 6.07) is 11.8. The molecule has 0 bridgehead atoms. The number of Topliss-reactive ketones (excluding diaryl/α,β-unsaturated/α-hetero) is 1. The monoisotopic (exact) mass is 549 g/mol. The van der Waals surface area contributed by atoms with E-state index in [1.54, 1.807) is 31.7 Å². The van der Waals surface area contributed by atoms with Gasteiger partial charge < -0.3 is 9.72 Å². The van der Waals surface area contributed by atoms with Crippen molar-refractivity contribution >= 4 is 38.9 Å². The Bertz CT molecular complexity index is 1850. The minimum atomic E-state index is 0.0555. The fourth-order valence-corrected chi connectivity index (χ4v) is 6.16. The topological polar surface area (TPSA) is 113 Å². The lowest BCUT2D eigenvalue weighted by atomic mass is 10.1. The number of carbonyl (C=O) groups is 1. The normalized spacial score (nSPS) is 13.9. The second-order valence-electron chi connectivity index (χ2n) is 10.0. The Morgan fingerprint density at radius 3 is 2.73 bits per heavy atom. The van der Waals surface area contributed by atoms with Gasteiger partial charge in [-0.2, -0.15) is 5.10 Å². The van der Waals surface area contributed by atoms with E-state index in [0.717, 1.165) is 85.3 Å². The van der Waals surface area contributed by atoms with Crippen LogP contribution in [0.2, 0.25) is 0 Å². The summed E-state index contributed by atoms with van der Waals surface area (Å²) in [4.78, 5) is 33.1. The van der Waals surface area contributed by atoms with Crippen molar-refractivity contribution in [3.05, 3.63) is 66.1 Å². The number of nitrogens with one attached hydrogen (secondary N) is 2. The van der Waals surface area contributed by atoms with Gasteiger partial charge in [-0.3, -0.25) is 29.7 Å². The Hall–Kier alpha value is -4.41. The molecule has 10 heteroatoms. The molecule has 7 rings (SSSR count). The predicted octanol–water partition coefficient (Wildman–Crippen LogP) is 5.97. The average Bonchev–Trinajstić information content (AvgIpc) is 3.78. The average molecular weight is 550 g/mol. The molecule has 0 spiro atoms. The lowest BCUT2D eigenvalue weighted by molar-refractivity contribution is 0.102. The molecule has 2 N–H and O–H groups in total. The van der Waals surface area contributed by atoms with Crippen molar-refractivity contribution in [3.8, 4) is 39.0 Å². The zero-order valence-corrected chi connectivity index (χ0v) is 22.8. The molecule has 0 radical (unpaired) electrons. The van der Waals surface area contributed by atoms with E-state index in [2.05, 4.69) is 41.1 Å². The van der Waals surface area contributed by atoms with Crippen LogP contribution < -0.4 is 4.74 Å². The first kappa shape index (κ1) is 24.6. The van der Waals surface area contributed by atoms with Crippen molar-refractivity contribution < 1.29 is 9.53 Å². The van der Waals surface area contributed by atoms with E-state index in [9.17, 15) is 4.79 Å². The zero-order valence-electron chi connectivity index (χ0n) is 22.0. The second kappa shape index (κ2) is 10.3. The smallest absolute Gasteiger partial charge is 0.169 e. The molecular weight excluding hydrogens is 522 g/mol. The van der Waals surface area contributed by atoms with Crippen molar-refractivity contribution in [1.82, 2.24) is 35.0 Å². The first-order chi connectivity index (χ1) is 19.6. The van der Waals surface area contributed by atoms with Crippen molar-refractivity contribution in [2.45, 2.75) is 19.8 Å². The molecule has 0 aromatic carbocycles. The number of ketones is 1. The maximum absolute atomic E-state index is 11.8. The van der Waals surface area contributed by atoms with Crippen LogP contribution in [0.5, 0.6) is 5.75 Å². The van der Waals surface area contributed by atoms with Gasteiger partial charge in [0.1, 0.15) is 18.1 Å². The largest absolute Gasteiger partial charge is 0.491 e. The van der Waals surface area contributed by atoms with E-state index < -0.39 is 0 Å². The molecule has 1 fully saturated rings. The number of aromatic amines is 2. The van der Waals surface area contributed by atoms with Crippen molar-refractivity contribution in [3.63, 3.8) is 0 Å². The summed E-state index contributed by atoms with van der Waals surface area (Å²) in [6.07, 6.45) is 9.68. The van der Waals surface area contributed by atoms with Crippen LogP contribution in [0.15, 0.2) is 61.2 Å². The summed E-state index contributed by atoms with van der Waals surface area (Å²) in [7, 11) is 0. The van der Waals surface area contributed by atoms with Crippen molar-refractivity contribution in [2.75, 3.05) is 26.2 Å². The van der Waals surface area contributed by atoms with Crippen LogP contribution in [0.1, 0.15) is 29.4 Å². The summed E-state index contributed by atoms with van der Waals surface area (Å²) < 4.78 is 6.01. The van der Waals surface area contributed by atoms with Crippen LogP contribution in [0, 0.1) is 0 Å². The van der Waals surface area contributed by atoms with Gasteiger partial charge in [0.2, 0.25) is 0 Å². The molecule has 1 aliphatic rings. The number of fused-ring (bicyclic) bond motifs is 2. The highest BCUT2D eigenvalue weighted by Crippen LogP contribution is 2.36. The Kier molecular flexibility index (Phi) is 6.33.